The Balaban J connectivity index is 1.80. The van der Waals surface area contributed by atoms with Gasteiger partial charge < -0.3 is 37.0 Å². The number of nitrogens with one attached hydrogen (secondary N) is 1. The molecule has 0 aromatic carbocycles. The molecule has 0 radical (unpaired) electrons. The summed E-state index contributed by atoms with van der Waals surface area (Å²) >= 11 is 1.04. The van der Waals surface area contributed by atoms with Crippen molar-refractivity contribution in [3.63, 3.8) is 0 Å². The fourth-order valence-corrected chi connectivity index (χ4v) is 4.78. The highest BCUT2D eigenvalue weighted by molar-refractivity contribution is 7.84. The van der Waals surface area contributed by atoms with Crippen LogP contribution in [0.5, 0.6) is 0 Å². The molecule has 1 aromatic heterocycles. The number of rotatable bonds is 10. The topological polar surface area (TPSA) is 258 Å². The number of hydrogen-bond acceptors (Lipinski definition) is 12. The molecule has 2 aliphatic rings. The Morgan fingerprint density at radius 3 is 2.67 bits per heavy atom. The van der Waals surface area contributed by atoms with Gasteiger partial charge in [-0.05, 0) is 13.8 Å². The number of cyclic esters (lactones) is 1. The molecule has 17 nitrogen and oxygen atoms in total. The van der Waals surface area contributed by atoms with Crippen molar-refractivity contribution in [1.82, 2.24) is 19.5 Å². The number of amides is 3. The van der Waals surface area contributed by atoms with E-state index >= 15 is 0 Å². The highest BCUT2D eigenvalue weighted by atomic mass is 32.2. The molecule has 3 amide bonds. The Hall–Kier alpha value is -3.71. The normalized spacial score (nSPS) is 22.3. The van der Waals surface area contributed by atoms with Gasteiger partial charge in [0.2, 0.25) is 0 Å². The number of aromatic nitrogens is 1. The molecule has 0 saturated carbocycles. The van der Waals surface area contributed by atoms with Crippen LogP contribution >= 0.6 is 11.3 Å². The van der Waals surface area contributed by atoms with Gasteiger partial charge in [-0.2, -0.15) is 8.42 Å². The lowest BCUT2D eigenvalue weighted by molar-refractivity contribution is -0.145. The number of carbonyl (C=O) groups is 3. The van der Waals surface area contributed by atoms with Crippen molar-refractivity contribution in [2.24, 2.45) is 21.6 Å². The summed E-state index contributed by atoms with van der Waals surface area (Å²) in [5.74, 6) is -2.26. The average Bonchev–Trinajstić information content (AvgIpc) is 3.34. The second-order valence-electron chi connectivity index (χ2n) is 7.97. The van der Waals surface area contributed by atoms with Gasteiger partial charge in [0.1, 0.15) is 23.9 Å². The van der Waals surface area contributed by atoms with E-state index in [2.05, 4.69) is 20.4 Å². The van der Waals surface area contributed by atoms with Crippen LogP contribution in [0.1, 0.15) is 19.5 Å². The quantitative estimate of drug-likeness (QED) is 0.0666. The smallest absolute Gasteiger partial charge is 0.410 e. The first-order valence-electron chi connectivity index (χ1n) is 10.4. The van der Waals surface area contributed by atoms with E-state index in [1.54, 1.807) is 13.8 Å². The van der Waals surface area contributed by atoms with Crippen molar-refractivity contribution in [3.05, 3.63) is 11.1 Å². The maximum Gasteiger partial charge on any atom is 0.410 e. The molecule has 3 unspecified atom stereocenters. The van der Waals surface area contributed by atoms with Gasteiger partial charge >= 0.3 is 16.4 Å². The maximum atomic E-state index is 13.0. The van der Waals surface area contributed by atoms with E-state index in [0.717, 1.165) is 16.2 Å². The Kier molecular flexibility index (Phi) is 7.84. The van der Waals surface area contributed by atoms with Gasteiger partial charge in [0.15, 0.2) is 16.8 Å². The van der Waals surface area contributed by atoms with E-state index in [1.165, 1.54) is 5.38 Å². The molecular formula is C17H25N9O8S2. The summed E-state index contributed by atoms with van der Waals surface area (Å²) < 4.78 is 38.4. The van der Waals surface area contributed by atoms with Gasteiger partial charge in [-0.1, -0.05) is 5.16 Å². The highest BCUT2D eigenvalue weighted by Gasteiger charge is 2.55. The molecule has 0 aliphatic carbocycles. The number of nitrogen functional groups attached to an aromatic ring is 1. The lowest BCUT2D eigenvalue weighted by Gasteiger charge is -2.45. The van der Waals surface area contributed by atoms with E-state index in [1.807, 2.05) is 0 Å². The Bertz CT molecular complexity index is 1190. The summed E-state index contributed by atoms with van der Waals surface area (Å²) in [6.45, 7) is 2.86. The number of guanidine groups is 1. The molecule has 3 atom stereocenters. The van der Waals surface area contributed by atoms with Crippen LogP contribution in [0.4, 0.5) is 9.93 Å². The molecule has 36 heavy (non-hydrogen) atoms. The Labute approximate surface area is 209 Å². The standard InChI is InChI=1S/C17H25N9O8S2/c1-7(2)34-24-11(9-6-35-16(20)22-9)13(27)23-12-10(26(14(12)28)36(30,31)32)5-25-4-8(33-17(25)29)3-21-15(18)19/h6-8,10,12H,3-5H2,1-2H3,(H2,20,22)(H,23,27)(H4,18,19,21)(H,30,31,32). The van der Waals surface area contributed by atoms with E-state index in [0.29, 0.717) is 0 Å². The molecule has 2 aliphatic heterocycles. The minimum atomic E-state index is -5.00. The first-order chi connectivity index (χ1) is 16.8. The first-order valence-corrected chi connectivity index (χ1v) is 12.6. The van der Waals surface area contributed by atoms with Crippen LogP contribution in [0.3, 0.4) is 0 Å². The molecule has 198 valence electrons. The average molecular weight is 548 g/mol. The van der Waals surface area contributed by atoms with Gasteiger partial charge in [0.05, 0.1) is 19.1 Å². The number of oxime groups is 1. The highest BCUT2D eigenvalue weighted by Crippen LogP contribution is 2.26. The number of β-lactam (4-membered cyclic amide) rings is 1. The van der Waals surface area contributed by atoms with E-state index < -0.39 is 59.0 Å². The van der Waals surface area contributed by atoms with Crippen LogP contribution in [-0.2, 0) is 29.5 Å². The van der Waals surface area contributed by atoms with Crippen molar-refractivity contribution >= 4 is 56.4 Å². The van der Waals surface area contributed by atoms with Crippen molar-refractivity contribution in [3.8, 4) is 0 Å². The molecule has 19 heteroatoms. The van der Waals surface area contributed by atoms with Gasteiger partial charge in [-0.3, -0.25) is 14.1 Å². The minimum Gasteiger partial charge on any atom is -0.442 e. The van der Waals surface area contributed by atoms with Crippen LogP contribution in [0.25, 0.3) is 0 Å². The van der Waals surface area contributed by atoms with Crippen LogP contribution in [0.2, 0.25) is 0 Å². The summed E-state index contributed by atoms with van der Waals surface area (Å²) in [6.07, 6.45) is -1.95. The number of ether oxygens (including phenoxy) is 1. The second-order valence-corrected chi connectivity index (χ2v) is 10.2. The summed E-state index contributed by atoms with van der Waals surface area (Å²) in [4.78, 5) is 51.8. The molecule has 3 heterocycles. The fraction of sp³-hybridized carbons (Fsp3) is 0.529. The molecule has 1 aromatic rings. The molecule has 3 rings (SSSR count). The third-order valence-corrected chi connectivity index (χ3v) is 6.50. The lowest BCUT2D eigenvalue weighted by atomic mass is 9.97. The third-order valence-electron chi connectivity index (χ3n) is 4.87. The van der Waals surface area contributed by atoms with E-state index in [4.69, 9.17) is 26.8 Å². The lowest BCUT2D eigenvalue weighted by Crippen LogP contribution is -2.74. The van der Waals surface area contributed by atoms with Crippen LogP contribution < -0.4 is 22.5 Å². The first kappa shape index (κ1) is 26.9. The summed E-state index contributed by atoms with van der Waals surface area (Å²) in [7, 11) is -5.00. The van der Waals surface area contributed by atoms with Crippen molar-refractivity contribution in [1.29, 1.82) is 0 Å². The number of carbonyl (C=O) groups excluding carboxylic acids is 3. The zero-order valence-corrected chi connectivity index (χ0v) is 20.7. The molecular weight excluding hydrogens is 522 g/mol. The molecule has 2 saturated heterocycles. The number of aliphatic imine (C=N–C) groups is 1. The van der Waals surface area contributed by atoms with Gasteiger partial charge in [-0.15, -0.1) is 11.3 Å². The third kappa shape index (κ3) is 6.10. The number of nitrogens with zero attached hydrogens (tertiary/aromatic N) is 5. The predicted octanol–water partition coefficient (Wildman–Crippen LogP) is -2.55. The fourth-order valence-electron chi connectivity index (χ4n) is 3.36. The summed E-state index contributed by atoms with van der Waals surface area (Å²) in [6, 6.07) is -2.79. The molecule has 0 spiro atoms. The van der Waals surface area contributed by atoms with E-state index in [-0.39, 0.29) is 39.9 Å². The second kappa shape index (κ2) is 10.5. The number of thiazole rings is 1. The summed E-state index contributed by atoms with van der Waals surface area (Å²) in [5.41, 5.74) is 15.9. The van der Waals surface area contributed by atoms with Crippen molar-refractivity contribution < 1.29 is 36.9 Å². The molecule has 0 bridgehead atoms. The zero-order valence-electron chi connectivity index (χ0n) is 19.1. The predicted molar refractivity (Wildman–Crippen MR) is 126 cm³/mol. The van der Waals surface area contributed by atoms with Crippen LogP contribution in [0.15, 0.2) is 15.5 Å². The minimum absolute atomic E-state index is 0.0344. The van der Waals surface area contributed by atoms with Gasteiger partial charge in [-0.25, -0.2) is 19.1 Å². The number of nitrogens with two attached hydrogens (primary N) is 3. The van der Waals surface area contributed by atoms with E-state index in [9.17, 15) is 27.4 Å². The summed E-state index contributed by atoms with van der Waals surface area (Å²) in [5, 5.41) is 7.73. The largest absolute Gasteiger partial charge is 0.442 e. The monoisotopic (exact) mass is 547 g/mol. The maximum absolute atomic E-state index is 13.0. The number of hydrogen-bond donors (Lipinski definition) is 5. The van der Waals surface area contributed by atoms with Gasteiger partial charge in [0.25, 0.3) is 11.8 Å². The SMILES string of the molecule is CC(C)ON=C(C(=O)NC1C(=O)N(S(=O)(=O)O)C1CN1CC(CN=C(N)N)OC1=O)c1csc(N)n1. The molecule has 8 N–H and O–H groups in total. The number of anilines is 1. The van der Waals surface area contributed by atoms with Crippen molar-refractivity contribution in [2.45, 2.75) is 38.1 Å². The van der Waals surface area contributed by atoms with Gasteiger partial charge in [0, 0.05) is 11.9 Å². The van der Waals surface area contributed by atoms with Crippen LogP contribution in [-0.4, -0.2) is 101 Å². The zero-order chi connectivity index (χ0) is 26.8. The van der Waals surface area contributed by atoms with Crippen LogP contribution in [0, 0.1) is 0 Å². The molecule has 2 fully saturated rings. The van der Waals surface area contributed by atoms with Crippen molar-refractivity contribution in [2.75, 3.05) is 25.4 Å². The Morgan fingerprint density at radius 2 is 2.11 bits per heavy atom. The Morgan fingerprint density at radius 1 is 1.42 bits per heavy atom.